The zero-order valence-corrected chi connectivity index (χ0v) is 16.2. The Kier molecular flexibility index (Phi) is 4.43. The molecule has 0 saturated carbocycles. The third-order valence-corrected chi connectivity index (χ3v) is 5.69. The van der Waals surface area contributed by atoms with Gasteiger partial charge in [0.15, 0.2) is 6.10 Å². The molecule has 0 radical (unpaired) electrons. The molecule has 30 heavy (non-hydrogen) atoms. The minimum absolute atomic E-state index is 0.151. The number of amides is 2. The number of imide groups is 1. The fourth-order valence-electron chi connectivity index (χ4n) is 4.14. The van der Waals surface area contributed by atoms with E-state index in [4.69, 9.17) is 4.74 Å². The summed E-state index contributed by atoms with van der Waals surface area (Å²) >= 11 is 0. The fraction of sp³-hybridized carbons (Fsp3) is 0.160. The van der Waals surface area contributed by atoms with Gasteiger partial charge in [0.25, 0.3) is 0 Å². The van der Waals surface area contributed by atoms with Gasteiger partial charge < -0.3 is 4.74 Å². The van der Waals surface area contributed by atoms with Gasteiger partial charge in [-0.2, -0.15) is 0 Å². The lowest BCUT2D eigenvalue weighted by atomic mass is 10.1. The number of hydrogen-bond donors (Lipinski definition) is 0. The maximum absolute atomic E-state index is 12.8. The molecule has 2 aliphatic rings. The van der Waals surface area contributed by atoms with E-state index in [1.165, 1.54) is 4.90 Å². The second-order valence-corrected chi connectivity index (χ2v) is 7.53. The molecule has 5 rings (SSSR count). The SMILES string of the molecule is O=C(OC1c2ccccc2-c2ccccc21)c1ccc(CN2C(=O)CCC2=O)cc1. The van der Waals surface area contributed by atoms with Crippen molar-refractivity contribution in [2.45, 2.75) is 25.5 Å². The van der Waals surface area contributed by atoms with Crippen LogP contribution in [0.4, 0.5) is 0 Å². The van der Waals surface area contributed by atoms with Crippen LogP contribution in [0.5, 0.6) is 0 Å². The molecular weight excluding hydrogens is 378 g/mol. The topological polar surface area (TPSA) is 63.7 Å². The van der Waals surface area contributed by atoms with E-state index < -0.39 is 12.1 Å². The molecule has 1 fully saturated rings. The number of hydrogen-bond acceptors (Lipinski definition) is 4. The van der Waals surface area contributed by atoms with Crippen molar-refractivity contribution in [3.63, 3.8) is 0 Å². The lowest BCUT2D eigenvalue weighted by Gasteiger charge is -2.16. The molecule has 0 N–H and O–H groups in total. The average Bonchev–Trinajstić information content (AvgIpc) is 3.26. The lowest BCUT2D eigenvalue weighted by Crippen LogP contribution is -2.28. The maximum atomic E-state index is 12.8. The van der Waals surface area contributed by atoms with Crippen molar-refractivity contribution in [2.75, 3.05) is 0 Å². The van der Waals surface area contributed by atoms with Crippen molar-refractivity contribution in [3.05, 3.63) is 95.1 Å². The van der Waals surface area contributed by atoms with Crippen molar-refractivity contribution in [1.29, 1.82) is 0 Å². The molecule has 5 heteroatoms. The Balaban J connectivity index is 1.35. The summed E-state index contributed by atoms with van der Waals surface area (Å²) in [6.07, 6.45) is 0.102. The second kappa shape index (κ2) is 7.26. The third kappa shape index (κ3) is 3.08. The molecular formula is C25H19NO4. The van der Waals surface area contributed by atoms with Crippen LogP contribution in [-0.4, -0.2) is 22.7 Å². The van der Waals surface area contributed by atoms with Gasteiger partial charge in [-0.1, -0.05) is 60.7 Å². The van der Waals surface area contributed by atoms with Gasteiger partial charge in [0.05, 0.1) is 12.1 Å². The lowest BCUT2D eigenvalue weighted by molar-refractivity contribution is -0.139. The van der Waals surface area contributed by atoms with Crippen LogP contribution in [0.1, 0.15) is 46.0 Å². The Labute approximate surface area is 173 Å². The molecule has 0 spiro atoms. The van der Waals surface area contributed by atoms with E-state index in [-0.39, 0.29) is 31.2 Å². The number of esters is 1. The van der Waals surface area contributed by atoms with Gasteiger partial charge >= 0.3 is 5.97 Å². The first-order valence-electron chi connectivity index (χ1n) is 9.93. The van der Waals surface area contributed by atoms with Gasteiger partial charge in [0.2, 0.25) is 11.8 Å². The van der Waals surface area contributed by atoms with Gasteiger partial charge in [-0.25, -0.2) is 4.79 Å². The predicted octanol–water partition coefficient (Wildman–Crippen LogP) is 4.26. The molecule has 1 aliphatic heterocycles. The highest BCUT2D eigenvalue weighted by molar-refractivity contribution is 6.01. The Morgan fingerprint density at radius 2 is 1.33 bits per heavy atom. The van der Waals surface area contributed by atoms with Crippen LogP contribution in [0, 0.1) is 0 Å². The van der Waals surface area contributed by atoms with Gasteiger partial charge in [0, 0.05) is 24.0 Å². The first-order chi connectivity index (χ1) is 14.6. The van der Waals surface area contributed by atoms with E-state index in [1.54, 1.807) is 24.3 Å². The molecule has 148 valence electrons. The summed E-state index contributed by atoms with van der Waals surface area (Å²) in [7, 11) is 0. The summed E-state index contributed by atoms with van der Waals surface area (Å²) in [6.45, 7) is 0.233. The van der Waals surface area contributed by atoms with Gasteiger partial charge in [-0.3, -0.25) is 14.5 Å². The van der Waals surface area contributed by atoms with Crippen molar-refractivity contribution in [1.82, 2.24) is 4.90 Å². The first kappa shape index (κ1) is 18.3. The number of rotatable bonds is 4. The van der Waals surface area contributed by atoms with E-state index in [0.29, 0.717) is 5.56 Å². The monoisotopic (exact) mass is 397 g/mol. The second-order valence-electron chi connectivity index (χ2n) is 7.53. The summed E-state index contributed by atoms with van der Waals surface area (Å²) in [6, 6.07) is 22.8. The normalized spacial score (nSPS) is 15.3. The van der Waals surface area contributed by atoms with Crippen LogP contribution in [0.25, 0.3) is 11.1 Å². The van der Waals surface area contributed by atoms with Crippen LogP contribution in [-0.2, 0) is 20.9 Å². The van der Waals surface area contributed by atoms with Gasteiger partial charge in [-0.15, -0.1) is 0 Å². The molecule has 0 bridgehead atoms. The Bertz CT molecular complexity index is 1100. The summed E-state index contributed by atoms with van der Waals surface area (Å²) in [5, 5.41) is 0. The summed E-state index contributed by atoms with van der Waals surface area (Å²) in [5.74, 6) is -0.713. The molecule has 1 saturated heterocycles. The van der Waals surface area contributed by atoms with Crippen LogP contribution < -0.4 is 0 Å². The Morgan fingerprint density at radius 1 is 0.800 bits per heavy atom. The zero-order chi connectivity index (χ0) is 20.7. The highest BCUT2D eigenvalue weighted by atomic mass is 16.5. The number of nitrogens with zero attached hydrogens (tertiary/aromatic N) is 1. The highest BCUT2D eigenvalue weighted by Gasteiger charge is 2.31. The van der Waals surface area contributed by atoms with E-state index in [2.05, 4.69) is 0 Å². The molecule has 2 amide bonds. The molecule has 5 nitrogen and oxygen atoms in total. The summed E-state index contributed by atoms with van der Waals surface area (Å²) in [5.41, 5.74) is 5.36. The summed E-state index contributed by atoms with van der Waals surface area (Å²) < 4.78 is 5.90. The maximum Gasteiger partial charge on any atom is 0.339 e. The molecule has 1 heterocycles. The fourth-order valence-corrected chi connectivity index (χ4v) is 4.14. The minimum Gasteiger partial charge on any atom is -0.449 e. The van der Waals surface area contributed by atoms with Crippen LogP contribution in [0.2, 0.25) is 0 Å². The van der Waals surface area contributed by atoms with Crippen molar-refractivity contribution >= 4 is 17.8 Å². The number of likely N-dealkylation sites (tertiary alicyclic amines) is 1. The first-order valence-corrected chi connectivity index (χ1v) is 9.93. The standard InChI is InChI=1S/C25H19NO4/c27-22-13-14-23(28)26(22)15-16-9-11-17(12-10-16)25(29)30-24-20-7-3-1-5-18(20)19-6-2-4-8-21(19)24/h1-12,24H,13-15H2. The van der Waals surface area contributed by atoms with Crippen LogP contribution in [0.15, 0.2) is 72.8 Å². The molecule has 1 aliphatic carbocycles. The van der Waals surface area contributed by atoms with E-state index >= 15 is 0 Å². The summed E-state index contributed by atoms with van der Waals surface area (Å²) in [4.78, 5) is 37.7. The number of fused-ring (bicyclic) bond motifs is 3. The van der Waals surface area contributed by atoms with Crippen molar-refractivity contribution in [2.24, 2.45) is 0 Å². The highest BCUT2D eigenvalue weighted by Crippen LogP contribution is 2.45. The van der Waals surface area contributed by atoms with Gasteiger partial charge in [0.1, 0.15) is 0 Å². The number of ether oxygens (including phenoxy) is 1. The zero-order valence-electron chi connectivity index (χ0n) is 16.2. The third-order valence-electron chi connectivity index (χ3n) is 5.69. The van der Waals surface area contributed by atoms with Crippen LogP contribution >= 0.6 is 0 Å². The number of carbonyl (C=O) groups is 3. The Hall–Kier alpha value is -3.73. The predicted molar refractivity (Wildman–Crippen MR) is 110 cm³/mol. The minimum atomic E-state index is -0.440. The molecule has 0 atom stereocenters. The average molecular weight is 397 g/mol. The van der Waals surface area contributed by atoms with Crippen LogP contribution in [0.3, 0.4) is 0 Å². The largest absolute Gasteiger partial charge is 0.449 e. The van der Waals surface area contributed by atoms with E-state index in [0.717, 1.165) is 27.8 Å². The smallest absolute Gasteiger partial charge is 0.339 e. The van der Waals surface area contributed by atoms with Crippen molar-refractivity contribution in [3.8, 4) is 11.1 Å². The molecule has 3 aromatic carbocycles. The number of benzene rings is 3. The van der Waals surface area contributed by atoms with E-state index in [9.17, 15) is 14.4 Å². The van der Waals surface area contributed by atoms with Crippen molar-refractivity contribution < 1.29 is 19.1 Å². The quantitative estimate of drug-likeness (QED) is 0.487. The Morgan fingerprint density at radius 3 is 1.90 bits per heavy atom. The molecule has 0 unspecified atom stereocenters. The molecule has 3 aromatic rings. The van der Waals surface area contributed by atoms with E-state index in [1.807, 2.05) is 48.5 Å². The molecule has 0 aromatic heterocycles. The van der Waals surface area contributed by atoms with Gasteiger partial charge in [-0.05, 0) is 28.8 Å². The number of carbonyl (C=O) groups excluding carboxylic acids is 3.